The lowest BCUT2D eigenvalue weighted by Gasteiger charge is -2.44. The third-order valence-corrected chi connectivity index (χ3v) is 14.8. The van der Waals surface area contributed by atoms with Gasteiger partial charge in [-0.05, 0) is 157 Å². The van der Waals surface area contributed by atoms with Crippen LogP contribution in [0.25, 0.3) is 31.5 Å². The molecule has 8 aromatic rings. The van der Waals surface area contributed by atoms with E-state index in [9.17, 15) is 0 Å². The summed E-state index contributed by atoms with van der Waals surface area (Å²) in [5, 5.41) is 2.45. The number of nitrogens with zero attached hydrogens (tertiary/aromatic N) is 2. The van der Waals surface area contributed by atoms with Crippen LogP contribution in [0.5, 0.6) is 0 Å². The molecule has 0 aliphatic carbocycles. The Bertz CT molecular complexity index is 3080. The number of hydrogen-bond acceptors (Lipinski definition) is 4. The first-order chi connectivity index (χ1) is 29.6. The minimum absolute atomic E-state index is 0.0395. The molecule has 0 spiro atoms. The quantitative estimate of drug-likeness (QED) is 0.165. The highest BCUT2D eigenvalue weighted by Crippen LogP contribution is 2.51. The number of hydrogen-bond donors (Lipinski definition) is 0. The largest absolute Gasteiger partial charge is 0.468 e. The first-order valence-electron chi connectivity index (χ1n) is 22.8. The monoisotopic (exact) mass is 844 g/mol. The number of furan rings is 1. The Kier molecular flexibility index (Phi) is 9.21. The van der Waals surface area contributed by atoms with Crippen LogP contribution in [-0.4, -0.2) is 6.71 Å². The van der Waals surface area contributed by atoms with Gasteiger partial charge < -0.3 is 14.2 Å². The molecule has 0 bridgehead atoms. The van der Waals surface area contributed by atoms with Gasteiger partial charge in [0.15, 0.2) is 0 Å². The summed E-state index contributed by atoms with van der Waals surface area (Å²) in [5.41, 5.74) is 20.5. The Labute approximate surface area is 379 Å². The van der Waals surface area contributed by atoms with Crippen LogP contribution >= 0.6 is 11.3 Å². The van der Waals surface area contributed by atoms with E-state index in [1.54, 1.807) is 0 Å². The summed E-state index contributed by atoms with van der Waals surface area (Å²) < 4.78 is 8.70. The minimum Gasteiger partial charge on any atom is -0.468 e. The zero-order chi connectivity index (χ0) is 44.7. The molecule has 3 nitrogen and oxygen atoms in total. The standard InChI is InChI=1S/C58H61BN2OS/c1-34-27-37(50-29-36-17-15-16-18-49(36)63-50)28-35(2)52(34)61-47-33-41(58(12,13)14)32-46-51(47)59(54-53(61)43-30-39(56(6,7)8)22-26-48(43)62-54)44-31-40(57(9,10)11)21-25-45(44)60(46)42-23-19-38(20-24-42)55(3,4)5/h15-33H,1-14H3. The minimum atomic E-state index is -0.127. The van der Waals surface area contributed by atoms with E-state index in [0.717, 1.165) is 28.0 Å². The summed E-state index contributed by atoms with van der Waals surface area (Å²) in [4.78, 5) is 6.45. The van der Waals surface area contributed by atoms with Gasteiger partial charge in [-0.15, -0.1) is 11.3 Å². The molecule has 2 aromatic heterocycles. The molecule has 0 unspecified atom stereocenters. The normalized spacial score (nSPS) is 14.1. The van der Waals surface area contributed by atoms with E-state index in [0.29, 0.717) is 0 Å². The van der Waals surface area contributed by atoms with E-state index >= 15 is 0 Å². The van der Waals surface area contributed by atoms with Crippen LogP contribution < -0.4 is 26.4 Å². The van der Waals surface area contributed by atoms with E-state index < -0.39 is 0 Å². The molecule has 0 saturated carbocycles. The third kappa shape index (κ3) is 6.76. The molecular formula is C58H61BN2OS. The average Bonchev–Trinajstić information content (AvgIpc) is 3.82. The number of aryl methyl sites for hydroxylation is 2. The van der Waals surface area contributed by atoms with Gasteiger partial charge >= 0.3 is 0 Å². The third-order valence-electron chi connectivity index (χ3n) is 13.7. The van der Waals surface area contributed by atoms with Crippen molar-refractivity contribution >= 4 is 89.8 Å². The first-order valence-corrected chi connectivity index (χ1v) is 23.6. The van der Waals surface area contributed by atoms with Crippen molar-refractivity contribution in [2.45, 2.75) is 119 Å². The summed E-state index contributed by atoms with van der Waals surface area (Å²) in [5.74, 6) is 0. The van der Waals surface area contributed by atoms with E-state index in [4.69, 9.17) is 4.42 Å². The number of fused-ring (bicyclic) bond motifs is 7. The van der Waals surface area contributed by atoms with Gasteiger partial charge in [-0.25, -0.2) is 0 Å². The fourth-order valence-electron chi connectivity index (χ4n) is 10.0. The fourth-order valence-corrected chi connectivity index (χ4v) is 11.1. The van der Waals surface area contributed by atoms with Crippen molar-refractivity contribution < 1.29 is 4.42 Å². The van der Waals surface area contributed by atoms with Crippen LogP contribution in [0.3, 0.4) is 0 Å². The molecule has 0 amide bonds. The molecule has 4 heterocycles. The van der Waals surface area contributed by atoms with Gasteiger partial charge in [0.05, 0.1) is 17.0 Å². The molecule has 5 heteroatoms. The predicted molar refractivity (Wildman–Crippen MR) is 275 cm³/mol. The van der Waals surface area contributed by atoms with Crippen LogP contribution in [-0.2, 0) is 21.7 Å². The van der Waals surface area contributed by atoms with Crippen molar-refractivity contribution in [2.75, 3.05) is 9.80 Å². The second kappa shape index (κ2) is 14.0. The van der Waals surface area contributed by atoms with Gasteiger partial charge in [0, 0.05) is 37.7 Å². The van der Waals surface area contributed by atoms with Gasteiger partial charge in [0.2, 0.25) is 0 Å². The summed E-state index contributed by atoms with van der Waals surface area (Å²) in [6.45, 7) is 32.3. The van der Waals surface area contributed by atoms with Crippen molar-refractivity contribution in [3.8, 4) is 10.4 Å². The Morgan fingerprint density at radius 3 is 1.70 bits per heavy atom. The van der Waals surface area contributed by atoms with Crippen molar-refractivity contribution in [1.29, 1.82) is 0 Å². The molecule has 2 aliphatic rings. The number of benzene rings is 6. The van der Waals surface area contributed by atoms with Crippen molar-refractivity contribution in [2.24, 2.45) is 0 Å². The highest BCUT2D eigenvalue weighted by atomic mass is 32.1. The van der Waals surface area contributed by atoms with E-state index in [-0.39, 0.29) is 28.4 Å². The van der Waals surface area contributed by atoms with E-state index in [1.165, 1.54) is 87.6 Å². The van der Waals surface area contributed by atoms with Crippen molar-refractivity contribution in [1.82, 2.24) is 0 Å². The molecule has 0 atom stereocenters. The van der Waals surface area contributed by atoms with Crippen LogP contribution in [0.15, 0.2) is 120 Å². The Morgan fingerprint density at radius 1 is 0.508 bits per heavy atom. The smallest absolute Gasteiger partial charge is 0.297 e. The maximum atomic E-state index is 7.38. The molecular weight excluding hydrogens is 784 g/mol. The Morgan fingerprint density at radius 2 is 1.08 bits per heavy atom. The Hall–Kier alpha value is -5.52. The SMILES string of the molecule is Cc1cc(-c2cc3ccccc3s2)cc(C)c1N1c2cc(C(C)(C)C)cc3c2B(c2cc(C(C)(C)C)ccc2N3c2ccc(C(C)(C)C)cc2)c2oc3ccc(C(C)(C)C)cc3c21. The lowest BCUT2D eigenvalue weighted by Crippen LogP contribution is -2.61. The van der Waals surface area contributed by atoms with Crippen LogP contribution in [0.2, 0.25) is 0 Å². The van der Waals surface area contributed by atoms with Gasteiger partial charge in [-0.3, -0.25) is 0 Å². The predicted octanol–water partition coefficient (Wildman–Crippen LogP) is 15.2. The van der Waals surface area contributed by atoms with Crippen LogP contribution in [0.4, 0.5) is 34.1 Å². The summed E-state index contributed by atoms with van der Waals surface area (Å²) in [6.07, 6.45) is 0. The number of anilines is 6. The van der Waals surface area contributed by atoms with E-state index in [1.807, 2.05) is 11.3 Å². The maximum Gasteiger partial charge on any atom is 0.297 e. The highest BCUT2D eigenvalue weighted by Gasteiger charge is 2.48. The van der Waals surface area contributed by atoms with Gasteiger partial charge in [-0.1, -0.05) is 132 Å². The van der Waals surface area contributed by atoms with Gasteiger partial charge in [-0.2, -0.15) is 0 Å². The first kappa shape index (κ1) is 41.5. The highest BCUT2D eigenvalue weighted by molar-refractivity contribution is 7.22. The molecule has 0 saturated heterocycles. The topological polar surface area (TPSA) is 19.6 Å². The van der Waals surface area contributed by atoms with Crippen molar-refractivity contribution in [3.63, 3.8) is 0 Å². The molecule has 2 aliphatic heterocycles. The molecule has 0 radical (unpaired) electrons. The maximum absolute atomic E-state index is 7.38. The van der Waals surface area contributed by atoms with E-state index in [2.05, 4.69) is 222 Å². The fraction of sp³-hybridized carbons (Fsp3) is 0.310. The summed E-state index contributed by atoms with van der Waals surface area (Å²) >= 11 is 1.87. The second-order valence-electron chi connectivity index (χ2n) is 22.5. The average molecular weight is 845 g/mol. The molecule has 10 rings (SSSR count). The molecule has 6 aromatic carbocycles. The zero-order valence-electron chi connectivity index (χ0n) is 39.8. The zero-order valence-corrected chi connectivity index (χ0v) is 40.6. The number of thiophene rings is 1. The molecule has 0 fully saturated rings. The Balaban J connectivity index is 1.32. The summed E-state index contributed by atoms with van der Waals surface area (Å²) in [7, 11) is 0. The van der Waals surface area contributed by atoms with Crippen LogP contribution in [0, 0.1) is 13.8 Å². The lowest BCUT2D eigenvalue weighted by molar-refractivity contribution is 0.589. The lowest BCUT2D eigenvalue weighted by atomic mass is 9.35. The number of rotatable bonds is 3. The molecule has 0 N–H and O–H groups in total. The van der Waals surface area contributed by atoms with Gasteiger partial charge in [0.25, 0.3) is 6.71 Å². The van der Waals surface area contributed by atoms with Crippen LogP contribution in [0.1, 0.15) is 116 Å². The van der Waals surface area contributed by atoms with Gasteiger partial charge in [0.1, 0.15) is 5.58 Å². The van der Waals surface area contributed by atoms with Crippen molar-refractivity contribution in [3.05, 3.63) is 149 Å². The molecule has 63 heavy (non-hydrogen) atoms. The molecule has 318 valence electrons. The summed E-state index contributed by atoms with van der Waals surface area (Å²) in [6, 6.07) is 44.4. The second-order valence-corrected chi connectivity index (χ2v) is 23.6.